The average molecular weight is 270 g/mol. The zero-order valence-electron chi connectivity index (χ0n) is 11.1. The third-order valence-corrected chi connectivity index (χ3v) is 4.14. The van der Waals surface area contributed by atoms with Crippen molar-refractivity contribution in [1.29, 1.82) is 0 Å². The molecular formula is C13H22N2O2S. The molecule has 1 unspecified atom stereocenters. The van der Waals surface area contributed by atoms with Crippen LogP contribution < -0.4 is 11.3 Å². The molecule has 0 aliphatic heterocycles. The lowest BCUT2D eigenvalue weighted by molar-refractivity contribution is 0.613. The van der Waals surface area contributed by atoms with Gasteiger partial charge in [0, 0.05) is 46.8 Å². The molecule has 0 spiro atoms. The molecule has 0 saturated heterocycles. The lowest BCUT2D eigenvalue weighted by Crippen LogP contribution is -2.20. The fourth-order valence-electron chi connectivity index (χ4n) is 1.59. The Morgan fingerprint density at radius 3 is 2.72 bits per heavy atom. The quantitative estimate of drug-likeness (QED) is 0.818. The largest absolute Gasteiger partial charge is 0.398 e. The van der Waals surface area contributed by atoms with E-state index in [0.29, 0.717) is 23.9 Å². The molecule has 0 amide bonds. The number of rotatable bonds is 7. The van der Waals surface area contributed by atoms with Crippen LogP contribution in [0.5, 0.6) is 0 Å². The summed E-state index contributed by atoms with van der Waals surface area (Å²) in [4.78, 5) is 11.5. The molecule has 0 aliphatic rings. The van der Waals surface area contributed by atoms with Gasteiger partial charge in [0.25, 0.3) is 5.56 Å². The lowest BCUT2D eigenvalue weighted by Gasteiger charge is -2.07. The number of nitrogen functional groups attached to an aromatic ring is 1. The van der Waals surface area contributed by atoms with E-state index >= 15 is 0 Å². The summed E-state index contributed by atoms with van der Waals surface area (Å²) < 4.78 is 13.3. The van der Waals surface area contributed by atoms with Crippen molar-refractivity contribution in [3.63, 3.8) is 0 Å². The maximum atomic E-state index is 11.7. The summed E-state index contributed by atoms with van der Waals surface area (Å²) in [6, 6.07) is 3.06. The molecule has 0 bridgehead atoms. The summed E-state index contributed by atoms with van der Waals surface area (Å²) in [6.07, 6.45) is 3.37. The summed E-state index contributed by atoms with van der Waals surface area (Å²) in [6.45, 7) is 4.84. The molecule has 0 aromatic carbocycles. The van der Waals surface area contributed by atoms with Gasteiger partial charge in [0.1, 0.15) is 0 Å². The van der Waals surface area contributed by atoms with E-state index in [1.54, 1.807) is 16.8 Å². The summed E-state index contributed by atoms with van der Waals surface area (Å²) in [5, 5.41) is 0. The molecule has 0 fully saturated rings. The standard InChI is InChI=1S/C13H22N2O2S/c1-11(2)6-9-18(17)8-3-7-15-10-12(14)4-5-13(15)16/h4-5,10-11H,3,6-9,14H2,1-2H3. The van der Waals surface area contributed by atoms with E-state index in [0.717, 1.165) is 18.6 Å². The molecule has 0 saturated carbocycles. The molecule has 1 atom stereocenters. The molecule has 0 aliphatic carbocycles. The van der Waals surface area contributed by atoms with Crippen molar-refractivity contribution in [2.24, 2.45) is 5.92 Å². The summed E-state index contributed by atoms with van der Waals surface area (Å²) >= 11 is 0. The van der Waals surface area contributed by atoms with Crippen molar-refractivity contribution in [1.82, 2.24) is 4.57 Å². The monoisotopic (exact) mass is 270 g/mol. The van der Waals surface area contributed by atoms with Crippen LogP contribution in [0.1, 0.15) is 26.7 Å². The van der Waals surface area contributed by atoms with Crippen molar-refractivity contribution >= 4 is 16.5 Å². The van der Waals surface area contributed by atoms with Gasteiger partial charge in [-0.15, -0.1) is 0 Å². The summed E-state index contributed by atoms with van der Waals surface area (Å²) in [5.74, 6) is 1.99. The predicted molar refractivity (Wildman–Crippen MR) is 77.1 cm³/mol. The number of hydrogen-bond donors (Lipinski definition) is 1. The van der Waals surface area contributed by atoms with Gasteiger partial charge in [0.05, 0.1) is 0 Å². The van der Waals surface area contributed by atoms with Gasteiger partial charge in [-0.3, -0.25) is 9.00 Å². The highest BCUT2D eigenvalue weighted by molar-refractivity contribution is 7.84. The molecule has 5 heteroatoms. The molecule has 1 aromatic heterocycles. The lowest BCUT2D eigenvalue weighted by atomic mass is 10.2. The highest BCUT2D eigenvalue weighted by Crippen LogP contribution is 2.02. The SMILES string of the molecule is CC(C)CCS(=O)CCCn1cc(N)ccc1=O. The normalized spacial score (nSPS) is 12.8. The third kappa shape index (κ3) is 5.49. The van der Waals surface area contributed by atoms with Crippen molar-refractivity contribution in [3.8, 4) is 0 Å². The Morgan fingerprint density at radius 2 is 2.06 bits per heavy atom. The molecule has 1 rings (SSSR count). The van der Waals surface area contributed by atoms with Crippen LogP contribution in [0.4, 0.5) is 5.69 Å². The first-order chi connectivity index (χ1) is 8.49. The minimum atomic E-state index is -0.773. The van der Waals surface area contributed by atoms with Crippen LogP contribution in [-0.2, 0) is 17.3 Å². The number of nitrogens with zero attached hydrogens (tertiary/aromatic N) is 1. The first-order valence-electron chi connectivity index (χ1n) is 6.30. The second kappa shape index (κ2) is 7.36. The van der Waals surface area contributed by atoms with Crippen molar-refractivity contribution in [3.05, 3.63) is 28.7 Å². The Labute approximate surface area is 111 Å². The van der Waals surface area contributed by atoms with Crippen LogP contribution in [0.2, 0.25) is 0 Å². The molecule has 102 valence electrons. The highest BCUT2D eigenvalue weighted by Gasteiger charge is 2.03. The van der Waals surface area contributed by atoms with Gasteiger partial charge < -0.3 is 10.3 Å². The Morgan fingerprint density at radius 1 is 1.33 bits per heavy atom. The maximum Gasteiger partial charge on any atom is 0.250 e. The van der Waals surface area contributed by atoms with Gasteiger partial charge in [-0.1, -0.05) is 13.8 Å². The molecule has 1 aromatic rings. The van der Waals surface area contributed by atoms with Gasteiger partial charge in [-0.25, -0.2) is 0 Å². The van der Waals surface area contributed by atoms with Crippen LogP contribution in [0, 0.1) is 5.92 Å². The maximum absolute atomic E-state index is 11.7. The van der Waals surface area contributed by atoms with E-state index in [4.69, 9.17) is 5.73 Å². The van der Waals surface area contributed by atoms with E-state index in [2.05, 4.69) is 13.8 Å². The number of hydrogen-bond acceptors (Lipinski definition) is 3. The molecule has 1 heterocycles. The Hall–Kier alpha value is -1.10. The van der Waals surface area contributed by atoms with E-state index in [9.17, 15) is 9.00 Å². The van der Waals surface area contributed by atoms with Crippen LogP contribution in [-0.4, -0.2) is 20.3 Å². The Balaban J connectivity index is 2.35. The van der Waals surface area contributed by atoms with E-state index in [1.807, 2.05) is 0 Å². The number of aromatic nitrogens is 1. The third-order valence-electron chi connectivity index (χ3n) is 2.70. The van der Waals surface area contributed by atoms with E-state index in [-0.39, 0.29) is 5.56 Å². The van der Waals surface area contributed by atoms with Crippen LogP contribution >= 0.6 is 0 Å². The first-order valence-corrected chi connectivity index (χ1v) is 7.79. The number of anilines is 1. The smallest absolute Gasteiger partial charge is 0.250 e. The molecule has 18 heavy (non-hydrogen) atoms. The summed E-state index contributed by atoms with van der Waals surface area (Å²) in [7, 11) is -0.773. The number of nitrogens with two attached hydrogens (primary N) is 1. The Kier molecular flexibility index (Phi) is 6.12. The molecule has 0 radical (unpaired) electrons. The molecule has 4 nitrogen and oxygen atoms in total. The van der Waals surface area contributed by atoms with Crippen molar-refractivity contribution in [2.45, 2.75) is 33.2 Å². The second-order valence-corrected chi connectivity index (χ2v) is 6.57. The Bertz CT molecular complexity index is 455. The van der Waals surface area contributed by atoms with Gasteiger partial charge in [0.2, 0.25) is 0 Å². The van der Waals surface area contributed by atoms with E-state index < -0.39 is 10.8 Å². The predicted octanol–water partition coefficient (Wildman–Crippen LogP) is 1.62. The summed E-state index contributed by atoms with van der Waals surface area (Å²) in [5.41, 5.74) is 6.14. The topological polar surface area (TPSA) is 65.1 Å². The molecular weight excluding hydrogens is 248 g/mol. The van der Waals surface area contributed by atoms with Gasteiger partial charge in [0.15, 0.2) is 0 Å². The zero-order valence-corrected chi connectivity index (χ0v) is 11.9. The minimum Gasteiger partial charge on any atom is -0.398 e. The van der Waals surface area contributed by atoms with Crippen LogP contribution in [0.25, 0.3) is 0 Å². The van der Waals surface area contributed by atoms with Gasteiger partial charge in [-0.2, -0.15) is 0 Å². The highest BCUT2D eigenvalue weighted by atomic mass is 32.2. The minimum absolute atomic E-state index is 0.0582. The van der Waals surface area contributed by atoms with Gasteiger partial charge >= 0.3 is 0 Å². The van der Waals surface area contributed by atoms with Crippen LogP contribution in [0.3, 0.4) is 0 Å². The average Bonchev–Trinajstić information content (AvgIpc) is 2.31. The fourth-order valence-corrected chi connectivity index (χ4v) is 2.98. The van der Waals surface area contributed by atoms with Gasteiger partial charge in [-0.05, 0) is 24.8 Å². The van der Waals surface area contributed by atoms with Crippen molar-refractivity contribution in [2.75, 3.05) is 17.2 Å². The number of aryl methyl sites for hydroxylation is 1. The van der Waals surface area contributed by atoms with E-state index in [1.165, 1.54) is 6.07 Å². The molecule has 2 N–H and O–H groups in total. The van der Waals surface area contributed by atoms with Crippen LogP contribution in [0.15, 0.2) is 23.1 Å². The first kappa shape index (κ1) is 15.0. The van der Waals surface area contributed by atoms with Crippen molar-refractivity contribution < 1.29 is 4.21 Å². The fraction of sp³-hybridized carbons (Fsp3) is 0.615. The zero-order chi connectivity index (χ0) is 13.5. The number of pyridine rings is 1. The second-order valence-electron chi connectivity index (χ2n) is 4.88.